The number of nitrogens with two attached hydrogens (primary N) is 1. The molecule has 82 valence electrons. The molecule has 1 aliphatic rings. The lowest BCUT2D eigenvalue weighted by atomic mass is 9.74. The first kappa shape index (κ1) is 11.5. The molecule has 1 aliphatic carbocycles. The van der Waals surface area contributed by atoms with Gasteiger partial charge in [-0.1, -0.05) is 6.92 Å². The molecule has 0 bridgehead atoms. The molecule has 0 aliphatic heterocycles. The Labute approximate surface area is 86.4 Å². The Morgan fingerprint density at radius 3 is 2.36 bits per heavy atom. The van der Waals surface area contributed by atoms with Gasteiger partial charge in [-0.25, -0.2) is 0 Å². The molecule has 0 atom stereocenters. The third-order valence-electron chi connectivity index (χ3n) is 3.01. The van der Waals surface area contributed by atoms with Crippen molar-refractivity contribution in [1.82, 2.24) is 5.32 Å². The minimum absolute atomic E-state index is 0.0963. The average Bonchev–Trinajstić information content (AvgIpc) is 1.93. The van der Waals surface area contributed by atoms with Crippen molar-refractivity contribution in [1.29, 1.82) is 0 Å². The minimum Gasteiger partial charge on any atom is -0.351 e. The van der Waals surface area contributed by atoms with Gasteiger partial charge in [0.15, 0.2) is 0 Å². The van der Waals surface area contributed by atoms with E-state index in [2.05, 4.69) is 12.2 Å². The van der Waals surface area contributed by atoms with Gasteiger partial charge in [0.2, 0.25) is 5.91 Å². The van der Waals surface area contributed by atoms with Crippen LogP contribution in [0.5, 0.6) is 0 Å². The van der Waals surface area contributed by atoms with Crippen LogP contribution in [0.15, 0.2) is 0 Å². The average molecular weight is 198 g/mol. The van der Waals surface area contributed by atoms with E-state index in [1.165, 1.54) is 6.42 Å². The van der Waals surface area contributed by atoms with Gasteiger partial charge in [0.1, 0.15) is 0 Å². The van der Waals surface area contributed by atoms with Crippen LogP contribution < -0.4 is 11.1 Å². The van der Waals surface area contributed by atoms with Crippen LogP contribution in [0.4, 0.5) is 0 Å². The summed E-state index contributed by atoms with van der Waals surface area (Å²) in [4.78, 5) is 11.6. The lowest BCUT2D eigenvalue weighted by molar-refractivity contribution is -0.125. The van der Waals surface area contributed by atoms with Crippen molar-refractivity contribution in [3.63, 3.8) is 0 Å². The van der Waals surface area contributed by atoms with Crippen LogP contribution in [0.2, 0.25) is 0 Å². The first-order chi connectivity index (χ1) is 6.37. The van der Waals surface area contributed by atoms with Crippen LogP contribution in [0, 0.1) is 0 Å². The van der Waals surface area contributed by atoms with Gasteiger partial charge >= 0.3 is 0 Å². The van der Waals surface area contributed by atoms with E-state index in [4.69, 9.17) is 5.73 Å². The molecule has 1 rings (SSSR count). The van der Waals surface area contributed by atoms with E-state index in [0.29, 0.717) is 6.42 Å². The van der Waals surface area contributed by atoms with Crippen LogP contribution in [-0.4, -0.2) is 17.0 Å². The summed E-state index contributed by atoms with van der Waals surface area (Å²) >= 11 is 0. The molecule has 0 aromatic heterocycles. The first-order valence-corrected chi connectivity index (χ1v) is 5.47. The Kier molecular flexibility index (Phi) is 3.20. The molecular formula is C11H22N2O. The predicted molar refractivity (Wildman–Crippen MR) is 57.9 cm³/mol. The smallest absolute Gasteiger partial charge is 0.222 e. The third-order valence-corrected chi connectivity index (χ3v) is 3.01. The maximum atomic E-state index is 11.6. The number of nitrogens with one attached hydrogen (secondary N) is 1. The third kappa shape index (κ3) is 2.98. The normalized spacial score (nSPS) is 20.0. The second-order valence-corrected chi connectivity index (χ2v) is 5.20. The van der Waals surface area contributed by atoms with Gasteiger partial charge in [-0.3, -0.25) is 4.79 Å². The molecule has 1 saturated carbocycles. The number of hydrogen-bond donors (Lipinski definition) is 2. The van der Waals surface area contributed by atoms with Crippen LogP contribution >= 0.6 is 0 Å². The van der Waals surface area contributed by atoms with E-state index in [0.717, 1.165) is 19.3 Å². The standard InChI is InChI=1S/C11H22N2O/c1-4-11(6-5-7-11)13-9(14)8-10(2,3)12/h4-8,12H2,1-3H3,(H,13,14). The maximum Gasteiger partial charge on any atom is 0.222 e. The van der Waals surface area contributed by atoms with Crippen LogP contribution in [0.1, 0.15) is 52.9 Å². The Bertz CT molecular complexity index is 208. The monoisotopic (exact) mass is 198 g/mol. The molecule has 14 heavy (non-hydrogen) atoms. The first-order valence-electron chi connectivity index (χ1n) is 5.47. The molecule has 0 saturated heterocycles. The van der Waals surface area contributed by atoms with Crippen molar-refractivity contribution in [2.75, 3.05) is 0 Å². The van der Waals surface area contributed by atoms with Crippen molar-refractivity contribution < 1.29 is 4.79 Å². The molecule has 1 amide bonds. The number of carbonyl (C=O) groups is 1. The lowest BCUT2D eigenvalue weighted by Gasteiger charge is -2.42. The highest BCUT2D eigenvalue weighted by Crippen LogP contribution is 2.34. The van der Waals surface area contributed by atoms with Crippen molar-refractivity contribution in [2.45, 2.75) is 64.0 Å². The van der Waals surface area contributed by atoms with E-state index in [1.807, 2.05) is 13.8 Å². The number of carbonyl (C=O) groups excluding carboxylic acids is 1. The highest BCUT2D eigenvalue weighted by Gasteiger charge is 2.36. The Balaban J connectivity index is 2.40. The van der Waals surface area contributed by atoms with Gasteiger partial charge in [-0.2, -0.15) is 0 Å². The zero-order valence-corrected chi connectivity index (χ0v) is 9.52. The summed E-state index contributed by atoms with van der Waals surface area (Å²) in [6.45, 7) is 5.89. The molecule has 0 aromatic rings. The Morgan fingerprint density at radius 1 is 1.50 bits per heavy atom. The number of hydrogen-bond acceptors (Lipinski definition) is 2. The summed E-state index contributed by atoms with van der Waals surface area (Å²) < 4.78 is 0. The van der Waals surface area contributed by atoms with E-state index < -0.39 is 5.54 Å². The zero-order valence-electron chi connectivity index (χ0n) is 9.52. The van der Waals surface area contributed by atoms with Crippen molar-refractivity contribution in [3.05, 3.63) is 0 Å². The molecule has 3 N–H and O–H groups in total. The van der Waals surface area contributed by atoms with Gasteiger partial charge < -0.3 is 11.1 Å². The van der Waals surface area contributed by atoms with E-state index in [9.17, 15) is 4.79 Å². The van der Waals surface area contributed by atoms with Gasteiger partial charge in [-0.05, 0) is 39.5 Å². The second-order valence-electron chi connectivity index (χ2n) is 5.20. The zero-order chi connectivity index (χ0) is 10.8. The molecule has 3 nitrogen and oxygen atoms in total. The molecule has 1 fully saturated rings. The Morgan fingerprint density at radius 2 is 2.07 bits per heavy atom. The molecule has 0 aromatic carbocycles. The minimum atomic E-state index is -0.400. The summed E-state index contributed by atoms with van der Waals surface area (Å²) in [6, 6.07) is 0. The van der Waals surface area contributed by atoms with E-state index in [1.54, 1.807) is 0 Å². The summed E-state index contributed by atoms with van der Waals surface area (Å²) in [5.74, 6) is 0.0963. The van der Waals surface area contributed by atoms with Gasteiger partial charge in [0.05, 0.1) is 0 Å². The van der Waals surface area contributed by atoms with Crippen molar-refractivity contribution >= 4 is 5.91 Å². The molecular weight excluding hydrogens is 176 g/mol. The topological polar surface area (TPSA) is 55.1 Å². The summed E-state index contributed by atoms with van der Waals surface area (Å²) in [5.41, 5.74) is 5.49. The SMILES string of the molecule is CCC1(NC(=O)CC(C)(C)N)CCC1. The molecule has 3 heteroatoms. The molecule has 0 radical (unpaired) electrons. The second kappa shape index (κ2) is 3.89. The Hall–Kier alpha value is -0.570. The summed E-state index contributed by atoms with van der Waals surface area (Å²) in [6.07, 6.45) is 4.93. The fourth-order valence-corrected chi connectivity index (χ4v) is 1.92. The summed E-state index contributed by atoms with van der Waals surface area (Å²) in [7, 11) is 0. The number of amides is 1. The van der Waals surface area contributed by atoms with Gasteiger partial charge in [0, 0.05) is 17.5 Å². The van der Waals surface area contributed by atoms with E-state index in [-0.39, 0.29) is 11.4 Å². The fraction of sp³-hybridized carbons (Fsp3) is 0.909. The molecule has 0 heterocycles. The lowest BCUT2D eigenvalue weighted by Crippen LogP contribution is -2.54. The largest absolute Gasteiger partial charge is 0.351 e. The maximum absolute atomic E-state index is 11.6. The van der Waals surface area contributed by atoms with Gasteiger partial charge in [0.25, 0.3) is 0 Å². The fourth-order valence-electron chi connectivity index (χ4n) is 1.92. The number of rotatable bonds is 4. The van der Waals surface area contributed by atoms with Crippen molar-refractivity contribution in [2.24, 2.45) is 5.73 Å². The van der Waals surface area contributed by atoms with E-state index >= 15 is 0 Å². The molecule has 0 unspecified atom stereocenters. The van der Waals surface area contributed by atoms with Crippen molar-refractivity contribution in [3.8, 4) is 0 Å². The van der Waals surface area contributed by atoms with Gasteiger partial charge in [-0.15, -0.1) is 0 Å². The predicted octanol–water partition coefficient (Wildman–Crippen LogP) is 1.56. The highest BCUT2D eigenvalue weighted by atomic mass is 16.1. The van der Waals surface area contributed by atoms with Crippen LogP contribution in [0.25, 0.3) is 0 Å². The molecule has 0 spiro atoms. The highest BCUT2D eigenvalue weighted by molar-refractivity contribution is 5.78. The van der Waals surface area contributed by atoms with Crippen LogP contribution in [-0.2, 0) is 4.79 Å². The van der Waals surface area contributed by atoms with Crippen LogP contribution in [0.3, 0.4) is 0 Å². The quantitative estimate of drug-likeness (QED) is 0.720. The summed E-state index contributed by atoms with van der Waals surface area (Å²) in [5, 5.41) is 3.12.